The van der Waals surface area contributed by atoms with Crippen LogP contribution >= 0.6 is 15.9 Å². The first-order valence-electron chi connectivity index (χ1n) is 6.95. The predicted octanol–water partition coefficient (Wildman–Crippen LogP) is 4.14. The molecule has 0 atom stereocenters. The monoisotopic (exact) mass is 325 g/mol. The van der Waals surface area contributed by atoms with Gasteiger partial charge >= 0.3 is 0 Å². The molecule has 0 saturated heterocycles. The molecule has 0 spiro atoms. The number of nitrogens with two attached hydrogens (primary N) is 1. The van der Waals surface area contributed by atoms with Crippen molar-refractivity contribution < 1.29 is 0 Å². The van der Waals surface area contributed by atoms with Crippen LogP contribution in [0.2, 0.25) is 0 Å². The lowest BCUT2D eigenvalue weighted by atomic mass is 9.75. The Kier molecular flexibility index (Phi) is 4.09. The fourth-order valence-electron chi connectivity index (χ4n) is 2.77. The third-order valence-corrected chi connectivity index (χ3v) is 5.42. The van der Waals surface area contributed by atoms with Crippen LogP contribution in [-0.2, 0) is 0 Å². The topological polar surface area (TPSA) is 42.1 Å². The number of rotatable bonds is 2. The van der Waals surface area contributed by atoms with Gasteiger partial charge in [0.1, 0.15) is 5.82 Å². The van der Waals surface area contributed by atoms with Crippen LogP contribution in [0.1, 0.15) is 45.1 Å². The van der Waals surface area contributed by atoms with Gasteiger partial charge in [-0.15, -0.1) is 0 Å². The average molecular weight is 326 g/mol. The molecule has 0 aliphatic heterocycles. The third kappa shape index (κ3) is 3.04. The SMILES string of the molecule is Cc1c(N)cnc(N(C)C2CCC(C)(C)CC2)c1Br. The number of nitrogens with zero attached hydrogens (tertiary/aromatic N) is 2. The van der Waals surface area contributed by atoms with E-state index < -0.39 is 0 Å². The Morgan fingerprint density at radius 3 is 2.53 bits per heavy atom. The van der Waals surface area contributed by atoms with Crippen molar-refractivity contribution in [2.24, 2.45) is 5.41 Å². The molecule has 1 aliphatic rings. The van der Waals surface area contributed by atoms with E-state index in [1.165, 1.54) is 25.7 Å². The van der Waals surface area contributed by atoms with Gasteiger partial charge in [0, 0.05) is 13.1 Å². The molecule has 1 heterocycles. The molecule has 0 aromatic carbocycles. The van der Waals surface area contributed by atoms with E-state index in [9.17, 15) is 0 Å². The highest BCUT2D eigenvalue weighted by Gasteiger charge is 2.30. The largest absolute Gasteiger partial charge is 0.397 e. The summed E-state index contributed by atoms with van der Waals surface area (Å²) in [7, 11) is 2.14. The number of aromatic nitrogens is 1. The summed E-state index contributed by atoms with van der Waals surface area (Å²) in [6.07, 6.45) is 6.81. The Labute approximate surface area is 124 Å². The highest BCUT2D eigenvalue weighted by molar-refractivity contribution is 9.10. The first kappa shape index (κ1) is 14.6. The van der Waals surface area contributed by atoms with Crippen LogP contribution < -0.4 is 10.6 Å². The molecule has 3 nitrogen and oxygen atoms in total. The number of halogens is 1. The highest BCUT2D eigenvalue weighted by Crippen LogP contribution is 2.39. The Bertz CT molecular complexity index is 461. The van der Waals surface area contributed by atoms with E-state index in [2.05, 4.69) is 46.7 Å². The van der Waals surface area contributed by atoms with Crippen LogP contribution in [0, 0.1) is 12.3 Å². The van der Waals surface area contributed by atoms with Gasteiger partial charge in [-0.25, -0.2) is 4.98 Å². The van der Waals surface area contributed by atoms with Gasteiger partial charge in [0.15, 0.2) is 0 Å². The molecule has 1 saturated carbocycles. The third-order valence-electron chi connectivity index (χ3n) is 4.47. The Balaban J connectivity index is 2.17. The average Bonchev–Trinajstić information content (AvgIpc) is 2.35. The molecule has 0 bridgehead atoms. The molecule has 4 heteroatoms. The number of hydrogen-bond donors (Lipinski definition) is 1. The molecule has 1 fully saturated rings. The highest BCUT2D eigenvalue weighted by atomic mass is 79.9. The second kappa shape index (κ2) is 5.31. The molecule has 1 aromatic rings. The van der Waals surface area contributed by atoms with Gasteiger partial charge in [0.05, 0.1) is 16.4 Å². The van der Waals surface area contributed by atoms with E-state index in [-0.39, 0.29) is 0 Å². The van der Waals surface area contributed by atoms with Gasteiger partial charge in [-0.3, -0.25) is 0 Å². The number of anilines is 2. The minimum atomic E-state index is 0.499. The van der Waals surface area contributed by atoms with E-state index in [4.69, 9.17) is 5.73 Å². The smallest absolute Gasteiger partial charge is 0.143 e. The van der Waals surface area contributed by atoms with Gasteiger partial charge in [0.25, 0.3) is 0 Å². The van der Waals surface area contributed by atoms with E-state index in [1.54, 1.807) is 6.20 Å². The normalized spacial score (nSPS) is 19.4. The van der Waals surface area contributed by atoms with Gasteiger partial charge in [-0.05, 0) is 59.5 Å². The zero-order valence-electron chi connectivity index (χ0n) is 12.3. The first-order valence-corrected chi connectivity index (χ1v) is 7.74. The Morgan fingerprint density at radius 1 is 1.37 bits per heavy atom. The molecule has 2 rings (SSSR count). The maximum atomic E-state index is 5.89. The van der Waals surface area contributed by atoms with Crippen LogP contribution in [-0.4, -0.2) is 18.1 Å². The Morgan fingerprint density at radius 2 is 1.95 bits per heavy atom. The van der Waals surface area contributed by atoms with Crippen LogP contribution in [0.15, 0.2) is 10.7 Å². The standard InChI is InChI=1S/C15H24BrN3/c1-10-12(17)9-18-14(13(10)16)19(4)11-5-7-15(2,3)8-6-11/h9,11H,5-8,17H2,1-4H3. The lowest BCUT2D eigenvalue weighted by molar-refractivity contribution is 0.222. The Hall–Kier alpha value is -0.770. The molecule has 0 radical (unpaired) electrons. The van der Waals surface area contributed by atoms with Gasteiger partial charge < -0.3 is 10.6 Å². The second-order valence-corrected chi connectivity index (χ2v) is 7.28. The van der Waals surface area contributed by atoms with Crippen molar-refractivity contribution in [2.75, 3.05) is 17.7 Å². The van der Waals surface area contributed by atoms with E-state index in [1.807, 2.05) is 6.92 Å². The quantitative estimate of drug-likeness (QED) is 0.888. The molecular weight excluding hydrogens is 302 g/mol. The van der Waals surface area contributed by atoms with E-state index >= 15 is 0 Å². The fourth-order valence-corrected chi connectivity index (χ4v) is 3.38. The number of nitrogen functional groups attached to an aromatic ring is 1. The van der Waals surface area contributed by atoms with Gasteiger partial charge in [-0.2, -0.15) is 0 Å². The minimum Gasteiger partial charge on any atom is -0.397 e. The van der Waals surface area contributed by atoms with E-state index in [0.717, 1.165) is 21.5 Å². The molecular formula is C15H24BrN3. The number of pyridine rings is 1. The minimum absolute atomic E-state index is 0.499. The van der Waals surface area contributed by atoms with Crippen molar-refractivity contribution in [3.63, 3.8) is 0 Å². The molecule has 106 valence electrons. The zero-order chi connectivity index (χ0) is 14.2. The number of hydrogen-bond acceptors (Lipinski definition) is 3. The van der Waals surface area contributed by atoms with Crippen LogP contribution in [0.5, 0.6) is 0 Å². The summed E-state index contributed by atoms with van der Waals surface area (Å²) in [6, 6.07) is 0.583. The summed E-state index contributed by atoms with van der Waals surface area (Å²) in [5, 5.41) is 0. The molecule has 0 unspecified atom stereocenters. The molecule has 19 heavy (non-hydrogen) atoms. The fraction of sp³-hybridized carbons (Fsp3) is 0.667. The lowest BCUT2D eigenvalue weighted by Gasteiger charge is -2.39. The summed E-state index contributed by atoms with van der Waals surface area (Å²) in [5.74, 6) is 1.01. The van der Waals surface area contributed by atoms with Crippen LogP contribution in [0.25, 0.3) is 0 Å². The molecule has 1 aliphatic carbocycles. The first-order chi connectivity index (χ1) is 8.82. The van der Waals surface area contributed by atoms with Crippen molar-refractivity contribution in [1.29, 1.82) is 0 Å². The van der Waals surface area contributed by atoms with Crippen molar-refractivity contribution in [1.82, 2.24) is 4.98 Å². The van der Waals surface area contributed by atoms with Crippen LogP contribution in [0.4, 0.5) is 11.5 Å². The summed E-state index contributed by atoms with van der Waals surface area (Å²) < 4.78 is 1.03. The summed E-state index contributed by atoms with van der Waals surface area (Å²) in [5.41, 5.74) is 8.21. The van der Waals surface area contributed by atoms with Crippen molar-refractivity contribution >= 4 is 27.4 Å². The zero-order valence-corrected chi connectivity index (χ0v) is 13.9. The van der Waals surface area contributed by atoms with Crippen LogP contribution in [0.3, 0.4) is 0 Å². The molecule has 1 aromatic heterocycles. The second-order valence-electron chi connectivity index (χ2n) is 6.48. The maximum Gasteiger partial charge on any atom is 0.143 e. The van der Waals surface area contributed by atoms with Crippen molar-refractivity contribution in [2.45, 2.75) is 52.5 Å². The van der Waals surface area contributed by atoms with E-state index in [0.29, 0.717) is 11.5 Å². The predicted molar refractivity (Wildman–Crippen MR) is 85.5 cm³/mol. The summed E-state index contributed by atoms with van der Waals surface area (Å²) in [6.45, 7) is 6.76. The van der Waals surface area contributed by atoms with Gasteiger partial charge in [-0.1, -0.05) is 13.8 Å². The molecule has 2 N–H and O–H groups in total. The molecule has 0 amide bonds. The summed E-state index contributed by atoms with van der Waals surface area (Å²) >= 11 is 3.64. The van der Waals surface area contributed by atoms with Crippen molar-refractivity contribution in [3.05, 3.63) is 16.2 Å². The summed E-state index contributed by atoms with van der Waals surface area (Å²) in [4.78, 5) is 6.82. The lowest BCUT2D eigenvalue weighted by Crippen LogP contribution is -2.37. The van der Waals surface area contributed by atoms with Gasteiger partial charge in [0.2, 0.25) is 0 Å². The van der Waals surface area contributed by atoms with Crippen molar-refractivity contribution in [3.8, 4) is 0 Å². The maximum absolute atomic E-state index is 5.89.